The summed E-state index contributed by atoms with van der Waals surface area (Å²) < 4.78 is 17.0. The summed E-state index contributed by atoms with van der Waals surface area (Å²) in [5, 5.41) is 4.82. The number of benzene rings is 3. The largest absolute Gasteiger partial charge is 0.490 e. The van der Waals surface area contributed by atoms with Gasteiger partial charge in [0.05, 0.1) is 12.7 Å². The summed E-state index contributed by atoms with van der Waals surface area (Å²) in [5.41, 5.74) is 0. The van der Waals surface area contributed by atoms with E-state index in [1.165, 1.54) is 0 Å². The number of halogens is 1. The molecule has 3 rings (SSSR count). The first-order valence-electron chi connectivity index (χ1n) is 9.16. The van der Waals surface area contributed by atoms with E-state index in [0.717, 1.165) is 33.4 Å². The van der Waals surface area contributed by atoms with Crippen molar-refractivity contribution >= 4 is 39.1 Å². The topological polar surface area (TPSA) is 44.8 Å². The Morgan fingerprint density at radius 2 is 1.79 bits per heavy atom. The van der Waals surface area contributed by atoms with Crippen LogP contribution in [0.25, 0.3) is 21.5 Å². The van der Waals surface area contributed by atoms with Crippen LogP contribution in [0.1, 0.15) is 13.8 Å². The zero-order valence-corrected chi connectivity index (χ0v) is 16.7. The van der Waals surface area contributed by atoms with Gasteiger partial charge in [-0.3, -0.25) is 0 Å². The van der Waals surface area contributed by atoms with Crippen LogP contribution in [0.5, 0.6) is 5.75 Å². The zero-order valence-electron chi connectivity index (χ0n) is 16.0. The van der Waals surface area contributed by atoms with E-state index < -0.39 is 5.97 Å². The maximum Gasteiger partial charge on any atom is 0.330 e. The predicted octanol–water partition coefficient (Wildman–Crippen LogP) is 5.55. The molecule has 0 N–H and O–H groups in total. The molecular weight excluding hydrogens is 376 g/mol. The number of carbonyl (C=O) groups is 1. The molecule has 0 aliphatic carbocycles. The van der Waals surface area contributed by atoms with Crippen molar-refractivity contribution in [2.75, 3.05) is 13.2 Å². The van der Waals surface area contributed by atoms with Gasteiger partial charge in [-0.2, -0.15) is 0 Å². The second-order valence-corrected chi connectivity index (χ2v) is 7.14. The van der Waals surface area contributed by atoms with E-state index in [2.05, 4.69) is 18.7 Å². The van der Waals surface area contributed by atoms with Gasteiger partial charge in [0, 0.05) is 21.9 Å². The minimum absolute atomic E-state index is 0.182. The normalized spacial score (nSPS) is 13.2. The SMILES string of the molecule is C=CC(=O)OC(C)COC(C)COc1c2ccccc2cc2ccc(Cl)cc12. The van der Waals surface area contributed by atoms with Crippen LogP contribution in [0.4, 0.5) is 0 Å². The molecule has 0 saturated heterocycles. The quantitative estimate of drug-likeness (QED) is 0.283. The van der Waals surface area contributed by atoms with Gasteiger partial charge in [-0.05, 0) is 42.8 Å². The molecule has 146 valence electrons. The van der Waals surface area contributed by atoms with E-state index in [-0.39, 0.29) is 18.8 Å². The number of rotatable bonds is 8. The van der Waals surface area contributed by atoms with E-state index in [4.69, 9.17) is 25.8 Å². The van der Waals surface area contributed by atoms with Crippen LogP contribution in [0, 0.1) is 0 Å². The monoisotopic (exact) mass is 398 g/mol. The van der Waals surface area contributed by atoms with Crippen LogP contribution in [-0.2, 0) is 14.3 Å². The van der Waals surface area contributed by atoms with E-state index in [1.54, 1.807) is 6.92 Å². The van der Waals surface area contributed by atoms with Gasteiger partial charge in [0.15, 0.2) is 0 Å². The van der Waals surface area contributed by atoms with Crippen LogP contribution in [0.3, 0.4) is 0 Å². The van der Waals surface area contributed by atoms with Crippen LogP contribution in [0.2, 0.25) is 5.02 Å². The molecule has 0 heterocycles. The van der Waals surface area contributed by atoms with Gasteiger partial charge in [0.2, 0.25) is 0 Å². The van der Waals surface area contributed by atoms with Crippen molar-refractivity contribution in [2.24, 2.45) is 0 Å². The van der Waals surface area contributed by atoms with Crippen molar-refractivity contribution < 1.29 is 19.0 Å². The lowest BCUT2D eigenvalue weighted by molar-refractivity contribution is -0.146. The third kappa shape index (κ3) is 4.83. The molecule has 3 aromatic rings. The molecule has 5 heteroatoms. The number of carbonyl (C=O) groups excluding carboxylic acids is 1. The van der Waals surface area contributed by atoms with E-state index in [9.17, 15) is 4.79 Å². The summed E-state index contributed by atoms with van der Waals surface area (Å²) in [6.07, 6.45) is 0.600. The van der Waals surface area contributed by atoms with Gasteiger partial charge in [-0.1, -0.05) is 48.5 Å². The van der Waals surface area contributed by atoms with Gasteiger partial charge in [-0.15, -0.1) is 0 Å². The van der Waals surface area contributed by atoms with E-state index in [1.807, 2.05) is 43.3 Å². The standard InChI is InChI=1S/C23H23ClO4/c1-4-22(25)28-16(3)14-26-15(2)13-27-23-20-8-6-5-7-17(20)11-18-9-10-19(24)12-21(18)23/h4-12,15-16H,1,13-14H2,2-3H3. The summed E-state index contributed by atoms with van der Waals surface area (Å²) in [4.78, 5) is 11.2. The Kier molecular flexibility index (Phi) is 6.55. The molecule has 0 aromatic heterocycles. The van der Waals surface area contributed by atoms with Crippen LogP contribution >= 0.6 is 11.6 Å². The number of ether oxygens (including phenoxy) is 3. The molecule has 0 fully saturated rings. The molecular formula is C23H23ClO4. The zero-order chi connectivity index (χ0) is 20.1. The highest BCUT2D eigenvalue weighted by atomic mass is 35.5. The van der Waals surface area contributed by atoms with Crippen LogP contribution < -0.4 is 4.74 Å². The summed E-state index contributed by atoms with van der Waals surface area (Å²) in [6, 6.07) is 16.0. The number of hydrogen-bond donors (Lipinski definition) is 0. The molecule has 3 aromatic carbocycles. The van der Waals surface area contributed by atoms with E-state index >= 15 is 0 Å². The molecule has 2 atom stereocenters. The molecule has 0 bridgehead atoms. The van der Waals surface area contributed by atoms with Crippen molar-refractivity contribution in [2.45, 2.75) is 26.1 Å². The molecule has 0 aliphatic heterocycles. The average Bonchev–Trinajstić information content (AvgIpc) is 2.69. The molecule has 4 nitrogen and oxygen atoms in total. The second-order valence-electron chi connectivity index (χ2n) is 6.70. The average molecular weight is 399 g/mol. The van der Waals surface area contributed by atoms with Crippen molar-refractivity contribution in [3.63, 3.8) is 0 Å². The number of fused-ring (bicyclic) bond motifs is 2. The summed E-state index contributed by atoms with van der Waals surface area (Å²) in [7, 11) is 0. The lowest BCUT2D eigenvalue weighted by Gasteiger charge is -2.19. The first-order chi connectivity index (χ1) is 13.5. The van der Waals surface area contributed by atoms with Gasteiger partial charge in [0.25, 0.3) is 0 Å². The highest BCUT2D eigenvalue weighted by Gasteiger charge is 2.13. The molecule has 0 radical (unpaired) electrons. The fourth-order valence-electron chi connectivity index (χ4n) is 2.98. The predicted molar refractivity (Wildman–Crippen MR) is 113 cm³/mol. The van der Waals surface area contributed by atoms with Gasteiger partial charge < -0.3 is 14.2 Å². The Hall–Kier alpha value is -2.56. The smallest absolute Gasteiger partial charge is 0.330 e. The third-order valence-corrected chi connectivity index (χ3v) is 4.57. The summed E-state index contributed by atoms with van der Waals surface area (Å²) >= 11 is 6.21. The maximum atomic E-state index is 11.2. The molecule has 0 spiro atoms. The third-order valence-electron chi connectivity index (χ3n) is 4.34. The Morgan fingerprint density at radius 1 is 1.04 bits per heavy atom. The minimum atomic E-state index is -0.459. The van der Waals surface area contributed by atoms with Gasteiger partial charge in [0.1, 0.15) is 18.5 Å². The Labute approximate surface area is 169 Å². The first-order valence-corrected chi connectivity index (χ1v) is 9.54. The second kappa shape index (κ2) is 9.09. The number of hydrogen-bond acceptors (Lipinski definition) is 4. The van der Waals surface area contributed by atoms with Gasteiger partial charge >= 0.3 is 5.97 Å². The molecule has 0 saturated carbocycles. The van der Waals surface area contributed by atoms with Crippen molar-refractivity contribution in [1.82, 2.24) is 0 Å². The Morgan fingerprint density at radius 3 is 2.57 bits per heavy atom. The molecule has 0 aliphatic rings. The minimum Gasteiger partial charge on any atom is -0.490 e. The van der Waals surface area contributed by atoms with Crippen molar-refractivity contribution in [3.05, 3.63) is 66.2 Å². The molecule has 2 unspecified atom stereocenters. The molecule has 28 heavy (non-hydrogen) atoms. The first kappa shape index (κ1) is 20.2. The fourth-order valence-corrected chi connectivity index (χ4v) is 3.15. The summed E-state index contributed by atoms with van der Waals surface area (Å²) in [5.74, 6) is 0.330. The highest BCUT2D eigenvalue weighted by Crippen LogP contribution is 2.36. The highest BCUT2D eigenvalue weighted by molar-refractivity contribution is 6.31. The van der Waals surface area contributed by atoms with Gasteiger partial charge in [-0.25, -0.2) is 4.79 Å². The molecule has 0 amide bonds. The van der Waals surface area contributed by atoms with Crippen molar-refractivity contribution in [1.29, 1.82) is 0 Å². The van der Waals surface area contributed by atoms with Crippen LogP contribution in [0.15, 0.2) is 61.2 Å². The Bertz CT molecular complexity index is 998. The maximum absolute atomic E-state index is 11.2. The fraction of sp³-hybridized carbons (Fsp3) is 0.261. The van der Waals surface area contributed by atoms with E-state index in [0.29, 0.717) is 11.6 Å². The lowest BCUT2D eigenvalue weighted by atomic mass is 10.0. The lowest BCUT2D eigenvalue weighted by Crippen LogP contribution is -2.25. The Balaban J connectivity index is 1.74. The van der Waals surface area contributed by atoms with Crippen LogP contribution in [-0.4, -0.2) is 31.4 Å². The summed E-state index contributed by atoms with van der Waals surface area (Å²) in [6.45, 7) is 7.72. The number of esters is 1. The van der Waals surface area contributed by atoms with Crippen molar-refractivity contribution in [3.8, 4) is 5.75 Å².